The van der Waals surface area contributed by atoms with Crippen molar-refractivity contribution in [2.75, 3.05) is 0 Å². The van der Waals surface area contributed by atoms with E-state index < -0.39 is 47.0 Å². The Morgan fingerprint density at radius 2 is 0.679 bits per heavy atom. The molecule has 0 saturated carbocycles. The summed E-state index contributed by atoms with van der Waals surface area (Å²) in [4.78, 5) is 43.9. The van der Waals surface area contributed by atoms with Crippen LogP contribution in [0.1, 0.15) is 79.1 Å². The molecule has 4 amide bonds. The van der Waals surface area contributed by atoms with Gasteiger partial charge in [-0.15, -0.1) is 0 Å². The summed E-state index contributed by atoms with van der Waals surface area (Å²) >= 11 is -2.78. The van der Waals surface area contributed by atoms with Crippen LogP contribution in [0.25, 0.3) is 0 Å². The van der Waals surface area contributed by atoms with Crippen molar-refractivity contribution in [2.45, 2.75) is 79.1 Å². The van der Waals surface area contributed by atoms with Crippen LogP contribution in [-0.4, -0.2) is 23.6 Å². The molecular formula is C16H32Br2Hf2N4O4. The fourth-order valence-electron chi connectivity index (χ4n) is 1.50. The van der Waals surface area contributed by atoms with Crippen LogP contribution < -0.4 is 47.2 Å². The van der Waals surface area contributed by atoms with Gasteiger partial charge in [0.15, 0.2) is 0 Å². The standard InChI is InChI=1S/4C4H9NO.2BrH.2Hf/c4*1-2-3-4(5)6;;;;/h4*2-3H2,1H3,(H2,5,6);2*1H;;/q;;;;;;2*+3/p-6. The number of carbonyl (C=O) groups excluding carboxylic acids is 4. The van der Waals surface area contributed by atoms with E-state index in [2.05, 4.69) is 13.2 Å². The second-order valence-electron chi connectivity index (χ2n) is 5.44. The molecule has 0 spiro atoms. The van der Waals surface area contributed by atoms with Gasteiger partial charge in [0.05, 0.1) is 0 Å². The Kier molecular flexibility index (Phi) is 35.4. The Bertz CT molecular complexity index is 359. The summed E-state index contributed by atoms with van der Waals surface area (Å²) in [5, 5.41) is 0. The van der Waals surface area contributed by atoms with E-state index in [4.69, 9.17) is 0 Å². The molecule has 0 aromatic rings. The number of amides is 4. The molecule has 0 rings (SSSR count). The first-order valence-corrected chi connectivity index (χ1v) is 16.2. The maximum absolute atomic E-state index is 11.0. The molecule has 0 aromatic heterocycles. The molecule has 0 saturated heterocycles. The fourth-order valence-corrected chi connectivity index (χ4v) is 5.75. The van der Waals surface area contributed by atoms with E-state index >= 15 is 0 Å². The van der Waals surface area contributed by atoms with Gasteiger partial charge >= 0.3 is 182 Å². The van der Waals surface area contributed by atoms with Gasteiger partial charge < -0.3 is 34.0 Å². The quantitative estimate of drug-likeness (QED) is 0.148. The maximum Gasteiger partial charge on any atom is -1.00 e. The van der Waals surface area contributed by atoms with Gasteiger partial charge in [0, 0.05) is 0 Å². The van der Waals surface area contributed by atoms with Crippen LogP contribution in [0.15, 0.2) is 0 Å². The van der Waals surface area contributed by atoms with E-state index in [0.717, 1.165) is 25.7 Å². The van der Waals surface area contributed by atoms with Crippen LogP contribution in [0.3, 0.4) is 0 Å². The van der Waals surface area contributed by atoms with E-state index in [1.54, 1.807) is 0 Å². The minimum absolute atomic E-state index is 0. The zero-order chi connectivity index (χ0) is 20.2. The van der Waals surface area contributed by atoms with Gasteiger partial charge in [0.1, 0.15) is 0 Å². The van der Waals surface area contributed by atoms with Crippen molar-refractivity contribution in [1.82, 2.24) is 13.2 Å². The van der Waals surface area contributed by atoms with Crippen molar-refractivity contribution in [1.29, 1.82) is 0 Å². The van der Waals surface area contributed by atoms with Gasteiger partial charge in [-0.1, -0.05) is 0 Å². The molecule has 0 aromatic carbocycles. The maximum atomic E-state index is 11.0. The molecule has 0 bridgehead atoms. The van der Waals surface area contributed by atoms with E-state index in [9.17, 15) is 19.2 Å². The molecule has 8 nitrogen and oxygen atoms in total. The first-order chi connectivity index (χ1) is 12.4. The summed E-state index contributed by atoms with van der Waals surface area (Å²) in [6, 6.07) is 0. The van der Waals surface area contributed by atoms with Crippen molar-refractivity contribution in [2.24, 2.45) is 0 Å². The fraction of sp³-hybridized carbons (Fsp3) is 0.750. The van der Waals surface area contributed by atoms with Gasteiger partial charge in [-0.05, 0) is 0 Å². The summed E-state index contributed by atoms with van der Waals surface area (Å²) in [5.74, 6) is 0.288. The smallest absolute Gasteiger partial charge is 1.00 e. The Balaban J connectivity index is -0.000000192. The second-order valence-corrected chi connectivity index (χ2v) is 10.8. The Hall–Kier alpha value is 0.580. The summed E-state index contributed by atoms with van der Waals surface area (Å²) in [7, 11) is 0. The van der Waals surface area contributed by atoms with Gasteiger partial charge in [-0.2, -0.15) is 0 Å². The Morgan fingerprint density at radius 3 is 0.821 bits per heavy atom. The third-order valence-corrected chi connectivity index (χ3v) is 8.52. The van der Waals surface area contributed by atoms with Crippen LogP contribution in [0, 0.1) is 0 Å². The van der Waals surface area contributed by atoms with Crippen LogP contribution in [0.2, 0.25) is 0 Å². The predicted octanol–water partition coefficient (Wildman–Crippen LogP) is -4.53. The van der Waals surface area contributed by atoms with Gasteiger partial charge in [-0.3, -0.25) is 0 Å². The van der Waals surface area contributed by atoms with Crippen molar-refractivity contribution >= 4 is 23.6 Å². The number of hydrogen-bond acceptors (Lipinski definition) is 4. The molecule has 0 fully saturated rings. The van der Waals surface area contributed by atoms with Crippen LogP contribution >= 0.6 is 0 Å². The third-order valence-electron chi connectivity index (χ3n) is 2.72. The molecular weight excluding hydrogens is 829 g/mol. The molecule has 4 N–H and O–H groups in total. The average Bonchev–Trinajstić information content (AvgIpc) is 2.56. The number of nitrogens with one attached hydrogen (secondary N) is 4. The monoisotopic (exact) mass is 862 g/mol. The van der Waals surface area contributed by atoms with Crippen molar-refractivity contribution in [3.63, 3.8) is 0 Å². The molecule has 0 aliphatic rings. The molecule has 0 heterocycles. The molecule has 0 aliphatic carbocycles. The summed E-state index contributed by atoms with van der Waals surface area (Å²) in [6.45, 7) is 7.85. The van der Waals surface area contributed by atoms with Gasteiger partial charge in [0.2, 0.25) is 0 Å². The van der Waals surface area contributed by atoms with E-state index in [-0.39, 0.29) is 57.6 Å². The van der Waals surface area contributed by atoms with Crippen molar-refractivity contribution in [3.8, 4) is 0 Å². The Labute approximate surface area is 214 Å². The molecule has 12 heteroatoms. The van der Waals surface area contributed by atoms with Gasteiger partial charge in [-0.25, -0.2) is 0 Å². The number of rotatable bonds is 12. The minimum Gasteiger partial charge on any atom is -1.00 e. The van der Waals surface area contributed by atoms with Crippen LogP contribution in [0.4, 0.5) is 0 Å². The van der Waals surface area contributed by atoms with E-state index in [0.29, 0.717) is 25.7 Å². The van der Waals surface area contributed by atoms with Crippen molar-refractivity contribution in [3.05, 3.63) is 0 Å². The molecule has 162 valence electrons. The molecule has 0 radical (unpaired) electrons. The summed E-state index contributed by atoms with van der Waals surface area (Å²) in [6.07, 6.45) is 5.70. The SMILES string of the molecule is CCCC(=O)[NH][Hf+][NH]C(=O)CCC.CCCC(=O)[NH][Hf+][NH]C(=O)CCC.[Br-].[Br-]. The normalized spacial score (nSPS) is 8.14. The van der Waals surface area contributed by atoms with E-state index in [1.165, 1.54) is 0 Å². The van der Waals surface area contributed by atoms with Crippen LogP contribution in [-0.2, 0) is 66.1 Å². The zero-order valence-corrected chi connectivity index (χ0v) is 27.4. The average molecular weight is 861 g/mol. The van der Waals surface area contributed by atoms with Crippen LogP contribution in [0.5, 0.6) is 0 Å². The number of hydrogen-bond donors (Lipinski definition) is 4. The zero-order valence-electron chi connectivity index (χ0n) is 17.0. The largest absolute Gasteiger partial charge is 1.00 e. The third kappa shape index (κ3) is 28.8. The second kappa shape index (κ2) is 27.6. The number of carbonyl (C=O) groups is 4. The number of halogens is 2. The predicted molar refractivity (Wildman–Crippen MR) is 92.2 cm³/mol. The molecule has 0 atom stereocenters. The summed E-state index contributed by atoms with van der Waals surface area (Å²) < 4.78 is 11.2. The van der Waals surface area contributed by atoms with E-state index in [1.807, 2.05) is 27.7 Å². The first kappa shape index (κ1) is 36.0. The minimum atomic E-state index is -1.39. The van der Waals surface area contributed by atoms with Gasteiger partial charge in [0.25, 0.3) is 0 Å². The topological polar surface area (TPSA) is 116 Å². The molecule has 28 heavy (non-hydrogen) atoms. The first-order valence-electron chi connectivity index (χ1n) is 9.06. The summed E-state index contributed by atoms with van der Waals surface area (Å²) in [5.41, 5.74) is 0. The molecule has 0 unspecified atom stereocenters. The molecule has 0 aliphatic heterocycles. The van der Waals surface area contributed by atoms with Crippen molar-refractivity contribution < 1.29 is 100 Å². The Morgan fingerprint density at radius 1 is 0.500 bits per heavy atom.